The van der Waals surface area contributed by atoms with E-state index in [4.69, 9.17) is 9.15 Å². The number of non-ortho nitro benzene ring substituents is 1. The molecular formula is C16H15NO5. The lowest BCUT2D eigenvalue weighted by Gasteiger charge is -2.02. The number of hydrogen-bond donors (Lipinski definition) is 0. The monoisotopic (exact) mass is 301 g/mol. The molecule has 0 amide bonds. The summed E-state index contributed by atoms with van der Waals surface area (Å²) in [6, 6.07) is 7.97. The van der Waals surface area contributed by atoms with Gasteiger partial charge in [-0.3, -0.25) is 10.1 Å². The van der Waals surface area contributed by atoms with E-state index in [0.717, 1.165) is 5.56 Å². The summed E-state index contributed by atoms with van der Waals surface area (Å²) < 4.78 is 10.4. The molecule has 6 heteroatoms. The SMILES string of the molecule is CCOC(=O)/C=C/c1ccc(-c2cc([N+](=O)[O-])ccc2C)o1. The minimum Gasteiger partial charge on any atom is -0.463 e. The molecule has 0 aliphatic rings. The summed E-state index contributed by atoms with van der Waals surface area (Å²) in [6.07, 6.45) is 2.76. The highest BCUT2D eigenvalue weighted by Gasteiger charge is 2.12. The van der Waals surface area contributed by atoms with E-state index in [0.29, 0.717) is 23.7 Å². The Hall–Kier alpha value is -2.89. The van der Waals surface area contributed by atoms with Crippen LogP contribution in [0, 0.1) is 17.0 Å². The number of ether oxygens (including phenoxy) is 1. The zero-order valence-electron chi connectivity index (χ0n) is 12.2. The third-order valence-corrected chi connectivity index (χ3v) is 2.99. The Morgan fingerprint density at radius 2 is 2.14 bits per heavy atom. The minimum atomic E-state index is -0.452. The number of benzene rings is 1. The lowest BCUT2D eigenvalue weighted by Crippen LogP contribution is -1.98. The third kappa shape index (κ3) is 3.60. The predicted molar refractivity (Wildman–Crippen MR) is 81.2 cm³/mol. The van der Waals surface area contributed by atoms with E-state index < -0.39 is 10.9 Å². The summed E-state index contributed by atoms with van der Waals surface area (Å²) in [6.45, 7) is 3.87. The molecule has 0 bridgehead atoms. The van der Waals surface area contributed by atoms with Gasteiger partial charge < -0.3 is 9.15 Å². The summed E-state index contributed by atoms with van der Waals surface area (Å²) in [5, 5.41) is 10.9. The Balaban J connectivity index is 2.26. The van der Waals surface area contributed by atoms with Crippen LogP contribution in [0.5, 0.6) is 0 Å². The number of furan rings is 1. The Labute approximate surface area is 127 Å². The molecule has 0 aliphatic carbocycles. The number of esters is 1. The zero-order chi connectivity index (χ0) is 16.1. The number of carbonyl (C=O) groups excluding carboxylic acids is 1. The van der Waals surface area contributed by atoms with Crippen molar-refractivity contribution in [2.24, 2.45) is 0 Å². The van der Waals surface area contributed by atoms with Gasteiger partial charge in [0, 0.05) is 23.8 Å². The Morgan fingerprint density at radius 3 is 2.82 bits per heavy atom. The van der Waals surface area contributed by atoms with Crippen molar-refractivity contribution >= 4 is 17.7 Å². The average molecular weight is 301 g/mol. The fourth-order valence-electron chi connectivity index (χ4n) is 1.92. The van der Waals surface area contributed by atoms with Gasteiger partial charge in [0.2, 0.25) is 0 Å². The number of hydrogen-bond acceptors (Lipinski definition) is 5. The van der Waals surface area contributed by atoms with E-state index in [-0.39, 0.29) is 5.69 Å². The lowest BCUT2D eigenvalue weighted by atomic mass is 10.1. The molecule has 0 aliphatic heterocycles. The van der Waals surface area contributed by atoms with Crippen LogP contribution in [0.2, 0.25) is 0 Å². The van der Waals surface area contributed by atoms with Crippen LogP contribution in [0.15, 0.2) is 40.8 Å². The van der Waals surface area contributed by atoms with Crippen LogP contribution in [-0.2, 0) is 9.53 Å². The summed E-state index contributed by atoms with van der Waals surface area (Å²) in [7, 11) is 0. The van der Waals surface area contributed by atoms with Crippen molar-refractivity contribution in [2.45, 2.75) is 13.8 Å². The molecule has 1 aromatic heterocycles. The number of carbonyl (C=O) groups is 1. The molecule has 0 atom stereocenters. The lowest BCUT2D eigenvalue weighted by molar-refractivity contribution is -0.384. The van der Waals surface area contributed by atoms with E-state index in [2.05, 4.69) is 0 Å². The van der Waals surface area contributed by atoms with E-state index in [9.17, 15) is 14.9 Å². The van der Waals surface area contributed by atoms with Gasteiger partial charge >= 0.3 is 5.97 Å². The second-order valence-corrected chi connectivity index (χ2v) is 4.54. The van der Waals surface area contributed by atoms with Crippen LogP contribution in [0.3, 0.4) is 0 Å². The second-order valence-electron chi connectivity index (χ2n) is 4.54. The summed E-state index contributed by atoms with van der Waals surface area (Å²) >= 11 is 0. The first-order valence-corrected chi connectivity index (χ1v) is 6.71. The van der Waals surface area contributed by atoms with Gasteiger partial charge in [0.05, 0.1) is 11.5 Å². The number of aryl methyl sites for hydroxylation is 1. The third-order valence-electron chi connectivity index (χ3n) is 2.99. The molecule has 0 saturated carbocycles. The fourth-order valence-corrected chi connectivity index (χ4v) is 1.92. The maximum atomic E-state index is 11.2. The molecular weight excluding hydrogens is 286 g/mol. The molecule has 0 unspecified atom stereocenters. The van der Waals surface area contributed by atoms with Gasteiger partial charge in [-0.1, -0.05) is 6.07 Å². The van der Waals surface area contributed by atoms with Crippen LogP contribution in [0.1, 0.15) is 18.2 Å². The van der Waals surface area contributed by atoms with E-state index >= 15 is 0 Å². The molecule has 0 N–H and O–H groups in total. The second kappa shape index (κ2) is 6.71. The van der Waals surface area contributed by atoms with Crippen LogP contribution in [0.25, 0.3) is 17.4 Å². The minimum absolute atomic E-state index is 0.000570. The number of nitro groups is 1. The highest BCUT2D eigenvalue weighted by atomic mass is 16.6. The van der Waals surface area contributed by atoms with Crippen molar-refractivity contribution in [3.63, 3.8) is 0 Å². The van der Waals surface area contributed by atoms with Gasteiger partial charge in [0.25, 0.3) is 5.69 Å². The predicted octanol–water partition coefficient (Wildman–Crippen LogP) is 3.74. The van der Waals surface area contributed by atoms with Gasteiger partial charge in [-0.05, 0) is 37.6 Å². The molecule has 0 radical (unpaired) electrons. The summed E-state index contributed by atoms with van der Waals surface area (Å²) in [5.74, 6) is 0.519. The average Bonchev–Trinajstić information content (AvgIpc) is 2.94. The highest BCUT2D eigenvalue weighted by Crippen LogP contribution is 2.29. The molecule has 1 heterocycles. The molecule has 114 valence electrons. The molecule has 0 saturated heterocycles. The van der Waals surface area contributed by atoms with Gasteiger partial charge in [-0.15, -0.1) is 0 Å². The number of nitro benzene ring substituents is 1. The summed E-state index contributed by atoms with van der Waals surface area (Å²) in [5.41, 5.74) is 1.51. The van der Waals surface area contributed by atoms with Gasteiger partial charge in [0.1, 0.15) is 11.5 Å². The van der Waals surface area contributed by atoms with Crippen molar-refractivity contribution < 1.29 is 18.9 Å². The Morgan fingerprint density at radius 1 is 1.36 bits per heavy atom. The first-order chi connectivity index (χ1) is 10.5. The molecule has 22 heavy (non-hydrogen) atoms. The smallest absolute Gasteiger partial charge is 0.330 e. The molecule has 6 nitrogen and oxygen atoms in total. The molecule has 0 spiro atoms. The fraction of sp³-hybridized carbons (Fsp3) is 0.188. The van der Waals surface area contributed by atoms with Crippen LogP contribution >= 0.6 is 0 Å². The maximum Gasteiger partial charge on any atom is 0.330 e. The standard InChI is InChI=1S/C16H15NO5/c1-3-21-16(18)9-7-13-6-8-15(22-13)14-10-12(17(19)20)5-4-11(14)2/h4-10H,3H2,1-2H3/b9-7+. The quantitative estimate of drug-likeness (QED) is 0.363. The van der Waals surface area contributed by atoms with E-state index in [1.807, 2.05) is 6.92 Å². The van der Waals surface area contributed by atoms with Crippen molar-refractivity contribution in [3.8, 4) is 11.3 Å². The number of rotatable bonds is 5. The number of nitrogens with zero attached hydrogens (tertiary/aromatic N) is 1. The molecule has 0 fully saturated rings. The normalized spacial score (nSPS) is 10.8. The van der Waals surface area contributed by atoms with Crippen molar-refractivity contribution in [1.29, 1.82) is 0 Å². The Bertz CT molecular complexity index is 730. The van der Waals surface area contributed by atoms with Crippen LogP contribution in [-0.4, -0.2) is 17.5 Å². The Kier molecular flexibility index (Phi) is 4.73. The van der Waals surface area contributed by atoms with Gasteiger partial charge in [-0.25, -0.2) is 4.79 Å². The van der Waals surface area contributed by atoms with Crippen molar-refractivity contribution in [3.05, 3.63) is 57.8 Å². The van der Waals surface area contributed by atoms with Gasteiger partial charge in [-0.2, -0.15) is 0 Å². The largest absolute Gasteiger partial charge is 0.463 e. The molecule has 2 aromatic rings. The van der Waals surface area contributed by atoms with Crippen LogP contribution < -0.4 is 0 Å². The molecule has 1 aromatic carbocycles. The highest BCUT2D eigenvalue weighted by molar-refractivity contribution is 5.86. The zero-order valence-corrected chi connectivity index (χ0v) is 12.2. The summed E-state index contributed by atoms with van der Waals surface area (Å²) in [4.78, 5) is 21.6. The topological polar surface area (TPSA) is 82.6 Å². The molecule has 2 rings (SSSR count). The van der Waals surface area contributed by atoms with Crippen molar-refractivity contribution in [1.82, 2.24) is 0 Å². The van der Waals surface area contributed by atoms with Gasteiger partial charge in [0.15, 0.2) is 0 Å². The maximum absolute atomic E-state index is 11.2. The first-order valence-electron chi connectivity index (χ1n) is 6.71. The van der Waals surface area contributed by atoms with E-state index in [1.165, 1.54) is 24.3 Å². The van der Waals surface area contributed by atoms with Crippen molar-refractivity contribution in [2.75, 3.05) is 6.61 Å². The first kappa shape index (κ1) is 15.5. The van der Waals surface area contributed by atoms with Crippen LogP contribution in [0.4, 0.5) is 5.69 Å². The van der Waals surface area contributed by atoms with E-state index in [1.54, 1.807) is 25.1 Å².